The van der Waals surface area contributed by atoms with Crippen molar-refractivity contribution in [2.24, 2.45) is 0 Å². The van der Waals surface area contributed by atoms with E-state index in [9.17, 15) is 18.8 Å². The summed E-state index contributed by atoms with van der Waals surface area (Å²) in [5, 5.41) is 0.566. The summed E-state index contributed by atoms with van der Waals surface area (Å²) in [7, 11) is 0. The molecule has 6 nitrogen and oxygen atoms in total. The van der Waals surface area contributed by atoms with E-state index >= 15 is 0 Å². The molecule has 4 aromatic rings. The van der Waals surface area contributed by atoms with Crippen molar-refractivity contribution in [2.75, 3.05) is 11.4 Å². The summed E-state index contributed by atoms with van der Waals surface area (Å²) in [4.78, 5) is 45.4. The van der Waals surface area contributed by atoms with Gasteiger partial charge in [0.2, 0.25) is 5.76 Å². The minimum absolute atomic E-state index is 0.00954. The summed E-state index contributed by atoms with van der Waals surface area (Å²) in [6.45, 7) is 2.45. The third kappa shape index (κ3) is 3.27. The molecule has 3 aromatic carbocycles. The maximum atomic E-state index is 14.5. The first-order valence-corrected chi connectivity index (χ1v) is 12.5. The molecule has 0 N–H and O–H groups in total. The number of rotatable bonds is 5. The summed E-state index contributed by atoms with van der Waals surface area (Å²) in [6, 6.07) is 17.9. The van der Waals surface area contributed by atoms with Crippen LogP contribution in [0.1, 0.15) is 47.0 Å². The van der Waals surface area contributed by atoms with Crippen LogP contribution >= 0.6 is 11.6 Å². The first-order chi connectivity index (χ1) is 17.9. The van der Waals surface area contributed by atoms with Gasteiger partial charge in [-0.1, -0.05) is 55.3 Å². The molecule has 0 fully saturated rings. The molecule has 2 amide bonds. The standard InChI is InChI=1S/C29H22ClFN2O4/c1-2-3-14-33-27(35)26-24(25(34)20-15-19(31)12-13-23(20)37-26)29(33)21-6-4-5-7-22(21)32(28(29)36)16-17-8-10-18(30)11-9-17/h4-13,15H,2-3,14,16H2,1H3. The predicted molar refractivity (Wildman–Crippen MR) is 138 cm³/mol. The zero-order valence-electron chi connectivity index (χ0n) is 20.0. The molecule has 1 spiro atoms. The maximum absolute atomic E-state index is 14.5. The smallest absolute Gasteiger partial charge is 0.291 e. The number of carbonyl (C=O) groups is 2. The van der Waals surface area contributed by atoms with E-state index in [-0.39, 0.29) is 35.4 Å². The van der Waals surface area contributed by atoms with Gasteiger partial charge in [-0.2, -0.15) is 0 Å². The number of halogens is 2. The second kappa shape index (κ2) is 8.56. The zero-order valence-corrected chi connectivity index (χ0v) is 20.7. The molecular formula is C29H22ClFN2O4. The van der Waals surface area contributed by atoms with Crippen molar-refractivity contribution in [1.29, 1.82) is 0 Å². The molecule has 186 valence electrons. The lowest BCUT2D eigenvalue weighted by Crippen LogP contribution is -2.53. The summed E-state index contributed by atoms with van der Waals surface area (Å²) in [5.74, 6) is -1.72. The lowest BCUT2D eigenvalue weighted by Gasteiger charge is -2.34. The lowest BCUT2D eigenvalue weighted by molar-refractivity contribution is -0.126. The van der Waals surface area contributed by atoms with E-state index in [4.69, 9.17) is 16.0 Å². The van der Waals surface area contributed by atoms with Gasteiger partial charge in [0.1, 0.15) is 11.4 Å². The molecule has 3 heterocycles. The van der Waals surface area contributed by atoms with Gasteiger partial charge in [-0.05, 0) is 48.4 Å². The number of carbonyl (C=O) groups excluding carboxylic acids is 2. The van der Waals surface area contributed by atoms with Crippen LogP contribution in [0.5, 0.6) is 0 Å². The molecule has 0 bridgehead atoms. The Kier molecular flexibility index (Phi) is 5.42. The molecule has 0 saturated heterocycles. The molecule has 2 aliphatic heterocycles. The van der Waals surface area contributed by atoms with Crippen molar-refractivity contribution in [3.63, 3.8) is 0 Å². The number of hydrogen-bond acceptors (Lipinski definition) is 4. The summed E-state index contributed by atoms with van der Waals surface area (Å²) < 4.78 is 20.1. The van der Waals surface area contributed by atoms with Gasteiger partial charge in [-0.25, -0.2) is 4.39 Å². The molecule has 6 rings (SSSR count). The number of anilines is 1. The van der Waals surface area contributed by atoms with Crippen LogP contribution in [0.4, 0.5) is 10.1 Å². The van der Waals surface area contributed by atoms with Crippen molar-refractivity contribution in [1.82, 2.24) is 4.90 Å². The van der Waals surface area contributed by atoms with Crippen LogP contribution in [0.25, 0.3) is 11.0 Å². The fourth-order valence-electron chi connectivity index (χ4n) is 5.51. The van der Waals surface area contributed by atoms with E-state index in [1.807, 2.05) is 25.1 Å². The Bertz CT molecular complexity index is 1650. The van der Waals surface area contributed by atoms with Gasteiger partial charge >= 0.3 is 0 Å². The topological polar surface area (TPSA) is 70.8 Å². The Morgan fingerprint density at radius 1 is 1.00 bits per heavy atom. The Balaban J connectivity index is 1.64. The van der Waals surface area contributed by atoms with E-state index in [0.29, 0.717) is 22.7 Å². The first-order valence-electron chi connectivity index (χ1n) is 12.1. The normalized spacial score (nSPS) is 18.2. The Morgan fingerprint density at radius 3 is 2.51 bits per heavy atom. The molecule has 2 aliphatic rings. The average molecular weight is 517 g/mol. The van der Waals surface area contributed by atoms with Gasteiger partial charge in [-0.3, -0.25) is 14.4 Å². The highest BCUT2D eigenvalue weighted by molar-refractivity contribution is 6.30. The van der Waals surface area contributed by atoms with Crippen LogP contribution in [-0.2, 0) is 16.9 Å². The second-order valence-electron chi connectivity index (χ2n) is 9.33. The molecule has 0 saturated carbocycles. The quantitative estimate of drug-likeness (QED) is 0.344. The van der Waals surface area contributed by atoms with Crippen molar-refractivity contribution >= 4 is 40.1 Å². The highest BCUT2D eigenvalue weighted by Crippen LogP contribution is 2.53. The third-order valence-corrected chi connectivity index (χ3v) is 7.44. The molecule has 0 aliphatic carbocycles. The predicted octanol–water partition coefficient (Wildman–Crippen LogP) is 5.63. The monoisotopic (exact) mass is 516 g/mol. The molecular weight excluding hydrogens is 495 g/mol. The molecule has 8 heteroatoms. The second-order valence-corrected chi connectivity index (χ2v) is 9.77. The van der Waals surface area contributed by atoms with Gasteiger partial charge in [0, 0.05) is 17.1 Å². The number of amides is 2. The van der Waals surface area contributed by atoms with E-state index < -0.39 is 28.6 Å². The molecule has 1 aromatic heterocycles. The van der Waals surface area contributed by atoms with Crippen LogP contribution in [0.15, 0.2) is 75.9 Å². The van der Waals surface area contributed by atoms with Gasteiger partial charge in [0.05, 0.1) is 23.2 Å². The van der Waals surface area contributed by atoms with Crippen LogP contribution in [-0.4, -0.2) is 23.3 Å². The molecule has 1 atom stereocenters. The Labute approximate surface area is 216 Å². The van der Waals surface area contributed by atoms with Crippen molar-refractivity contribution < 1.29 is 18.4 Å². The maximum Gasteiger partial charge on any atom is 0.291 e. The largest absolute Gasteiger partial charge is 0.450 e. The van der Waals surface area contributed by atoms with Gasteiger partial charge in [0.25, 0.3) is 11.8 Å². The van der Waals surface area contributed by atoms with Crippen molar-refractivity contribution in [3.8, 4) is 0 Å². The fourth-order valence-corrected chi connectivity index (χ4v) is 5.63. The highest BCUT2D eigenvalue weighted by Gasteiger charge is 2.64. The van der Waals surface area contributed by atoms with Gasteiger partial charge in [0.15, 0.2) is 11.0 Å². The molecule has 0 radical (unpaired) electrons. The molecule has 37 heavy (non-hydrogen) atoms. The molecule has 1 unspecified atom stereocenters. The zero-order chi connectivity index (χ0) is 25.9. The fraction of sp³-hybridized carbons (Fsp3) is 0.207. The summed E-state index contributed by atoms with van der Waals surface area (Å²) in [6.07, 6.45) is 1.39. The first kappa shape index (κ1) is 23.4. The van der Waals surface area contributed by atoms with Crippen LogP contribution in [0.3, 0.4) is 0 Å². The number of nitrogens with zero attached hydrogens (tertiary/aromatic N) is 2. The van der Waals surface area contributed by atoms with Crippen LogP contribution in [0.2, 0.25) is 5.02 Å². The SMILES string of the molecule is CCCCN1C(=O)c2oc3ccc(F)cc3c(=O)c2C12C(=O)N(Cc1ccc(Cl)cc1)c1ccccc12. The van der Waals surface area contributed by atoms with Crippen molar-refractivity contribution in [2.45, 2.75) is 31.8 Å². The number of unbranched alkanes of at least 4 members (excludes halogenated alkanes) is 1. The van der Waals surface area contributed by atoms with Gasteiger partial charge in [-0.15, -0.1) is 0 Å². The number of para-hydroxylation sites is 1. The van der Waals surface area contributed by atoms with Gasteiger partial charge < -0.3 is 14.2 Å². The van der Waals surface area contributed by atoms with Crippen molar-refractivity contribution in [3.05, 3.63) is 110 Å². The summed E-state index contributed by atoms with van der Waals surface area (Å²) >= 11 is 6.06. The lowest BCUT2D eigenvalue weighted by atomic mass is 9.84. The van der Waals surface area contributed by atoms with E-state index in [0.717, 1.165) is 18.1 Å². The minimum atomic E-state index is -1.70. The number of benzene rings is 3. The Morgan fingerprint density at radius 2 is 1.76 bits per heavy atom. The summed E-state index contributed by atoms with van der Waals surface area (Å²) in [5.41, 5.74) is -0.276. The number of hydrogen-bond donors (Lipinski definition) is 0. The third-order valence-electron chi connectivity index (χ3n) is 7.19. The van der Waals surface area contributed by atoms with E-state index in [1.165, 1.54) is 17.0 Å². The van der Waals surface area contributed by atoms with E-state index in [1.54, 1.807) is 35.2 Å². The Hall–Kier alpha value is -3.97. The highest BCUT2D eigenvalue weighted by atomic mass is 35.5. The van der Waals surface area contributed by atoms with Crippen LogP contribution < -0.4 is 10.3 Å². The number of fused-ring (bicyclic) bond motifs is 5. The van der Waals surface area contributed by atoms with Crippen LogP contribution in [0, 0.1) is 5.82 Å². The minimum Gasteiger partial charge on any atom is -0.450 e. The van der Waals surface area contributed by atoms with E-state index in [2.05, 4.69) is 0 Å². The average Bonchev–Trinajstić information content (AvgIpc) is 3.29.